The molecule has 1 saturated heterocycles. The number of para-hydroxylation sites is 1. The van der Waals surface area contributed by atoms with Crippen LogP contribution in [0, 0.1) is 10.1 Å². The highest BCUT2D eigenvalue weighted by Gasteiger charge is 2.26. The number of piperazine rings is 1. The highest BCUT2D eigenvalue weighted by atomic mass is 35.5. The number of benzene rings is 2. The molecule has 1 fully saturated rings. The number of carbonyl (C=O) groups excluding carboxylic acids is 1. The number of nitrogens with zero attached hydrogens (tertiary/aromatic N) is 4. The minimum absolute atomic E-state index is 0.0265. The molecular formula is C19H17ClN4O4. The molecule has 1 aliphatic rings. The van der Waals surface area contributed by atoms with E-state index in [0.29, 0.717) is 48.2 Å². The summed E-state index contributed by atoms with van der Waals surface area (Å²) in [4.78, 5) is 27.2. The van der Waals surface area contributed by atoms with Gasteiger partial charge >= 0.3 is 0 Å². The van der Waals surface area contributed by atoms with Gasteiger partial charge in [-0.1, -0.05) is 28.9 Å². The van der Waals surface area contributed by atoms with Crippen molar-refractivity contribution in [2.75, 3.05) is 31.1 Å². The SMILES string of the molecule is O=C(Cc1noc2ccccc12)N1CCN(c2ccc(Cl)cc2[N+](=O)[O-])CC1. The monoisotopic (exact) mass is 400 g/mol. The maximum Gasteiger partial charge on any atom is 0.294 e. The molecule has 1 aliphatic heterocycles. The smallest absolute Gasteiger partial charge is 0.294 e. The summed E-state index contributed by atoms with van der Waals surface area (Å²) < 4.78 is 5.25. The molecule has 1 aromatic heterocycles. The van der Waals surface area contributed by atoms with Crippen LogP contribution >= 0.6 is 11.6 Å². The molecule has 0 atom stereocenters. The van der Waals surface area contributed by atoms with Crippen LogP contribution in [0.15, 0.2) is 47.0 Å². The van der Waals surface area contributed by atoms with Crippen LogP contribution in [-0.2, 0) is 11.2 Å². The molecule has 8 nitrogen and oxygen atoms in total. The van der Waals surface area contributed by atoms with E-state index in [1.165, 1.54) is 6.07 Å². The minimum atomic E-state index is -0.436. The summed E-state index contributed by atoms with van der Waals surface area (Å²) in [6.07, 6.45) is 0.165. The van der Waals surface area contributed by atoms with Crippen molar-refractivity contribution in [2.45, 2.75) is 6.42 Å². The first-order valence-corrected chi connectivity index (χ1v) is 9.20. The lowest BCUT2D eigenvalue weighted by molar-refractivity contribution is -0.384. The summed E-state index contributed by atoms with van der Waals surface area (Å²) in [5.74, 6) is -0.0377. The number of hydrogen-bond acceptors (Lipinski definition) is 6. The van der Waals surface area contributed by atoms with Crippen LogP contribution in [0.4, 0.5) is 11.4 Å². The predicted octanol–water partition coefficient (Wildman–Crippen LogP) is 3.28. The van der Waals surface area contributed by atoms with Crippen molar-refractivity contribution in [3.8, 4) is 0 Å². The Balaban J connectivity index is 1.43. The number of nitro groups is 1. The number of halogens is 1. The zero-order valence-corrected chi connectivity index (χ0v) is 15.6. The number of amides is 1. The second-order valence-electron chi connectivity index (χ2n) is 6.56. The second kappa shape index (κ2) is 7.47. The van der Waals surface area contributed by atoms with E-state index in [-0.39, 0.29) is 18.0 Å². The van der Waals surface area contributed by atoms with Crippen molar-refractivity contribution in [1.82, 2.24) is 10.1 Å². The molecule has 9 heteroatoms. The van der Waals surface area contributed by atoms with Crippen LogP contribution in [0.3, 0.4) is 0 Å². The fourth-order valence-electron chi connectivity index (χ4n) is 3.43. The molecule has 0 saturated carbocycles. The summed E-state index contributed by atoms with van der Waals surface area (Å²) >= 11 is 5.88. The normalized spacial score (nSPS) is 14.5. The van der Waals surface area contributed by atoms with Gasteiger partial charge in [0, 0.05) is 42.7 Å². The lowest BCUT2D eigenvalue weighted by Gasteiger charge is -2.35. The number of carbonyl (C=O) groups is 1. The van der Waals surface area contributed by atoms with Crippen LogP contribution in [-0.4, -0.2) is 47.1 Å². The Bertz CT molecular complexity index is 1040. The summed E-state index contributed by atoms with van der Waals surface area (Å²) in [5.41, 5.74) is 1.77. The van der Waals surface area contributed by atoms with Gasteiger partial charge in [-0.3, -0.25) is 14.9 Å². The maximum absolute atomic E-state index is 12.7. The van der Waals surface area contributed by atoms with Crippen molar-refractivity contribution < 1.29 is 14.2 Å². The van der Waals surface area contributed by atoms with Gasteiger partial charge in [0.05, 0.1) is 11.3 Å². The summed E-state index contributed by atoms with van der Waals surface area (Å²) in [6, 6.07) is 12.1. The Morgan fingerprint density at radius 1 is 1.18 bits per heavy atom. The van der Waals surface area contributed by atoms with Crippen LogP contribution in [0.25, 0.3) is 11.0 Å². The Kier molecular flexibility index (Phi) is 4.87. The summed E-state index contributed by atoms with van der Waals surface area (Å²) in [5, 5.41) is 16.5. The molecule has 0 bridgehead atoms. The van der Waals surface area contributed by atoms with Crippen molar-refractivity contribution in [3.05, 3.63) is 63.3 Å². The third kappa shape index (κ3) is 3.50. The first-order valence-electron chi connectivity index (χ1n) is 8.83. The Hall–Kier alpha value is -3.13. The Morgan fingerprint density at radius 3 is 2.68 bits per heavy atom. The van der Waals surface area contributed by atoms with E-state index in [4.69, 9.17) is 16.1 Å². The van der Waals surface area contributed by atoms with Crippen molar-refractivity contribution in [1.29, 1.82) is 0 Å². The van der Waals surface area contributed by atoms with Crippen LogP contribution < -0.4 is 4.90 Å². The largest absolute Gasteiger partial charge is 0.362 e. The Labute approximate surface area is 165 Å². The third-order valence-corrected chi connectivity index (χ3v) is 5.11. The number of nitro benzene ring substituents is 1. The van der Waals surface area contributed by atoms with Crippen LogP contribution in [0.1, 0.15) is 5.69 Å². The Morgan fingerprint density at radius 2 is 1.93 bits per heavy atom. The summed E-state index contributed by atoms with van der Waals surface area (Å²) in [6.45, 7) is 1.98. The number of anilines is 1. The average molecular weight is 401 g/mol. The van der Waals surface area contributed by atoms with Crippen LogP contribution in [0.5, 0.6) is 0 Å². The molecular weight excluding hydrogens is 384 g/mol. The molecule has 28 heavy (non-hydrogen) atoms. The van der Waals surface area contributed by atoms with Gasteiger partial charge in [0.25, 0.3) is 5.69 Å². The molecule has 0 radical (unpaired) electrons. The first kappa shape index (κ1) is 18.2. The van der Waals surface area contributed by atoms with E-state index < -0.39 is 4.92 Å². The van der Waals surface area contributed by atoms with E-state index in [0.717, 1.165) is 5.39 Å². The van der Waals surface area contributed by atoms with E-state index in [9.17, 15) is 14.9 Å². The van der Waals surface area contributed by atoms with Gasteiger partial charge in [-0.15, -0.1) is 0 Å². The number of hydrogen-bond donors (Lipinski definition) is 0. The topological polar surface area (TPSA) is 92.7 Å². The number of fused-ring (bicyclic) bond motifs is 1. The van der Waals surface area contributed by atoms with Gasteiger partial charge in [0.1, 0.15) is 11.4 Å². The number of aromatic nitrogens is 1. The van der Waals surface area contributed by atoms with Gasteiger partial charge in [-0.2, -0.15) is 0 Å². The van der Waals surface area contributed by atoms with Gasteiger partial charge in [-0.25, -0.2) is 0 Å². The summed E-state index contributed by atoms with van der Waals surface area (Å²) in [7, 11) is 0. The highest BCUT2D eigenvalue weighted by molar-refractivity contribution is 6.30. The highest BCUT2D eigenvalue weighted by Crippen LogP contribution is 2.31. The van der Waals surface area contributed by atoms with Gasteiger partial charge < -0.3 is 14.3 Å². The molecule has 3 aromatic rings. The molecule has 0 spiro atoms. The fourth-order valence-corrected chi connectivity index (χ4v) is 3.59. The van der Waals surface area contributed by atoms with Gasteiger partial charge in [0.15, 0.2) is 5.58 Å². The molecule has 4 rings (SSSR count). The maximum atomic E-state index is 12.7. The lowest BCUT2D eigenvalue weighted by atomic mass is 10.1. The van der Waals surface area contributed by atoms with E-state index in [1.54, 1.807) is 17.0 Å². The first-order chi connectivity index (χ1) is 13.5. The van der Waals surface area contributed by atoms with Crippen molar-refractivity contribution >= 4 is 39.9 Å². The molecule has 0 N–H and O–H groups in total. The van der Waals surface area contributed by atoms with Gasteiger partial charge in [0.2, 0.25) is 5.91 Å². The predicted molar refractivity (Wildman–Crippen MR) is 105 cm³/mol. The quantitative estimate of drug-likeness (QED) is 0.493. The standard InChI is InChI=1S/C19H17ClN4O4/c20-13-5-6-16(17(11-13)24(26)27)22-7-9-23(10-8-22)19(25)12-15-14-3-1-2-4-18(14)28-21-15/h1-6,11H,7-10,12H2. The number of rotatable bonds is 4. The lowest BCUT2D eigenvalue weighted by Crippen LogP contribution is -2.49. The zero-order chi connectivity index (χ0) is 19.7. The molecule has 1 amide bonds. The molecule has 144 valence electrons. The zero-order valence-electron chi connectivity index (χ0n) is 14.9. The molecule has 2 heterocycles. The fraction of sp³-hybridized carbons (Fsp3) is 0.263. The third-order valence-electron chi connectivity index (χ3n) is 4.88. The molecule has 2 aromatic carbocycles. The second-order valence-corrected chi connectivity index (χ2v) is 7.00. The van der Waals surface area contributed by atoms with Gasteiger partial charge in [-0.05, 0) is 24.3 Å². The van der Waals surface area contributed by atoms with Crippen molar-refractivity contribution in [3.63, 3.8) is 0 Å². The van der Waals surface area contributed by atoms with E-state index in [1.807, 2.05) is 29.2 Å². The molecule has 0 aliphatic carbocycles. The van der Waals surface area contributed by atoms with E-state index in [2.05, 4.69) is 5.16 Å². The van der Waals surface area contributed by atoms with Crippen molar-refractivity contribution in [2.24, 2.45) is 0 Å². The van der Waals surface area contributed by atoms with Crippen LogP contribution in [0.2, 0.25) is 5.02 Å². The minimum Gasteiger partial charge on any atom is -0.362 e. The van der Waals surface area contributed by atoms with E-state index >= 15 is 0 Å². The average Bonchev–Trinajstić information content (AvgIpc) is 3.11. The molecule has 0 unspecified atom stereocenters.